The number of allylic oxidation sites excluding steroid dienone is 4. The van der Waals surface area contributed by atoms with E-state index in [1.807, 2.05) is 0 Å². The normalized spacial score (nSPS) is 16.6. The van der Waals surface area contributed by atoms with Crippen LogP contribution in [0.4, 0.5) is 22.7 Å². The molecule has 2 unspecified atom stereocenters. The standard InChI is InChI=1S/C36H40N2O14S4.2Na/c1-19-17-21(3)35(53(41,42)15-13-51-55(45,46)47)23(5)31(19)37-27-11-12-28(30-29(27)33(39)25-9-7-8-10-26(25)34(30)40)38-32-20(2)18-22(4)36(24(32)6)54(43,44)16-14-52-56(48,49)50;;/h7-12,17-18,25-26,37-38H,13-16H2,1-6H3,(H,45,46,47)(H,48,49,50);;/q;2*+1/p-2. The molecule has 2 atom stereocenters. The fraction of sp³-hybridized carbons (Fsp3) is 0.333. The number of nitrogens with one attached hydrogen (secondary N) is 2. The van der Waals surface area contributed by atoms with Gasteiger partial charge in [0.15, 0.2) is 31.2 Å². The van der Waals surface area contributed by atoms with Gasteiger partial charge >= 0.3 is 59.1 Å². The van der Waals surface area contributed by atoms with Crippen molar-refractivity contribution in [3.05, 3.63) is 93.1 Å². The molecule has 2 aliphatic carbocycles. The molecule has 2 aliphatic rings. The first-order chi connectivity index (χ1) is 25.8. The summed E-state index contributed by atoms with van der Waals surface area (Å²) in [5.74, 6) is -4.19. The molecule has 3 aromatic carbocycles. The fourth-order valence-electron chi connectivity index (χ4n) is 7.41. The number of sulfone groups is 2. The van der Waals surface area contributed by atoms with Gasteiger partial charge in [0, 0.05) is 11.4 Å². The summed E-state index contributed by atoms with van der Waals surface area (Å²) in [6.07, 6.45) is 6.53. The Morgan fingerprint density at radius 2 is 0.897 bits per heavy atom. The van der Waals surface area contributed by atoms with Crippen molar-refractivity contribution in [2.24, 2.45) is 11.8 Å². The fourth-order valence-corrected chi connectivity index (χ4v) is 11.4. The van der Waals surface area contributed by atoms with Crippen molar-refractivity contribution in [3.8, 4) is 0 Å². The second-order valence-corrected chi connectivity index (χ2v) is 19.7. The molecule has 0 aromatic heterocycles. The molecule has 0 heterocycles. The van der Waals surface area contributed by atoms with E-state index in [0.29, 0.717) is 22.3 Å². The number of anilines is 4. The number of ketones is 2. The van der Waals surface area contributed by atoms with Crippen molar-refractivity contribution < 1.29 is 120 Å². The van der Waals surface area contributed by atoms with Crippen molar-refractivity contribution in [2.75, 3.05) is 35.4 Å². The minimum atomic E-state index is -5.14. The van der Waals surface area contributed by atoms with Gasteiger partial charge in [0.05, 0.1) is 68.8 Å². The maximum atomic E-state index is 14.4. The number of fused-ring (bicyclic) bond motifs is 2. The molecular formula is C36H38N2Na2O14S4. The van der Waals surface area contributed by atoms with E-state index in [0.717, 1.165) is 0 Å². The maximum Gasteiger partial charge on any atom is 1.00 e. The van der Waals surface area contributed by atoms with Crippen molar-refractivity contribution in [2.45, 2.75) is 51.3 Å². The van der Waals surface area contributed by atoms with Crippen LogP contribution >= 0.6 is 0 Å². The van der Waals surface area contributed by atoms with Crippen LogP contribution in [0.15, 0.2) is 58.4 Å². The second-order valence-electron chi connectivity index (χ2n) is 13.5. The molecule has 302 valence electrons. The van der Waals surface area contributed by atoms with E-state index >= 15 is 0 Å². The van der Waals surface area contributed by atoms with Gasteiger partial charge in [-0.05, 0) is 87.1 Å². The SMILES string of the molecule is Cc1cc(C)c(S(=O)(=O)CCOS(=O)(=O)[O-])c(C)c1Nc1ccc(Nc2c(C)cc(C)c(S(=O)(=O)CCOS(=O)(=O)[O-])c2C)c2c1C(=O)C1C=CC=CC1C2=O.[Na+].[Na+]. The van der Waals surface area contributed by atoms with Crippen LogP contribution in [0.1, 0.15) is 54.1 Å². The molecule has 0 spiro atoms. The number of carbonyl (C=O) groups excluding carboxylic acids is 2. The van der Waals surface area contributed by atoms with E-state index in [9.17, 15) is 52.4 Å². The van der Waals surface area contributed by atoms with E-state index < -0.39 is 88.6 Å². The van der Waals surface area contributed by atoms with Crippen molar-refractivity contribution >= 4 is 74.8 Å². The maximum absolute atomic E-state index is 14.4. The first-order valence-corrected chi connectivity index (χ1v) is 22.8. The average Bonchev–Trinajstić information content (AvgIpc) is 3.05. The third kappa shape index (κ3) is 10.8. The van der Waals surface area contributed by atoms with Crippen molar-refractivity contribution in [1.82, 2.24) is 0 Å². The van der Waals surface area contributed by atoms with Gasteiger partial charge in [0.2, 0.25) is 20.8 Å². The van der Waals surface area contributed by atoms with E-state index in [-0.39, 0.29) is 114 Å². The summed E-state index contributed by atoms with van der Waals surface area (Å²) in [4.78, 5) is 28.4. The largest absolute Gasteiger partial charge is 1.00 e. The van der Waals surface area contributed by atoms with Gasteiger partial charge in [0.25, 0.3) is 0 Å². The molecule has 58 heavy (non-hydrogen) atoms. The van der Waals surface area contributed by atoms with Crippen molar-refractivity contribution in [1.29, 1.82) is 0 Å². The molecule has 16 nitrogen and oxygen atoms in total. The molecule has 22 heteroatoms. The number of aryl methyl sites for hydroxylation is 4. The molecule has 0 amide bonds. The van der Waals surface area contributed by atoms with Crippen LogP contribution < -0.4 is 69.7 Å². The molecule has 3 aromatic rings. The monoisotopic (exact) mass is 896 g/mol. The topological polar surface area (TPSA) is 259 Å². The predicted octanol–water partition coefficient (Wildman–Crippen LogP) is -1.73. The Hall–Kier alpha value is -2.28. The first kappa shape index (κ1) is 50.1. The minimum absolute atomic E-state index is 0. The van der Waals surface area contributed by atoms with Gasteiger partial charge in [0.1, 0.15) is 0 Å². The number of carbonyl (C=O) groups is 2. The molecule has 0 bridgehead atoms. The summed E-state index contributed by atoms with van der Waals surface area (Å²) < 4.78 is 128. The van der Waals surface area contributed by atoms with E-state index in [1.165, 1.54) is 26.0 Å². The molecule has 2 N–H and O–H groups in total. The predicted molar refractivity (Wildman–Crippen MR) is 204 cm³/mol. The molecule has 0 aliphatic heterocycles. The van der Waals surface area contributed by atoms with Crippen LogP contribution in [0.25, 0.3) is 0 Å². The van der Waals surface area contributed by atoms with Crippen LogP contribution in [0.5, 0.6) is 0 Å². The van der Waals surface area contributed by atoms with Gasteiger partial charge < -0.3 is 19.7 Å². The van der Waals surface area contributed by atoms with Crippen LogP contribution in [0.3, 0.4) is 0 Å². The van der Waals surface area contributed by atoms with E-state index in [2.05, 4.69) is 19.0 Å². The third-order valence-electron chi connectivity index (χ3n) is 9.54. The summed E-state index contributed by atoms with van der Waals surface area (Å²) in [6.45, 7) is 7.72. The molecular weight excluding hydrogens is 859 g/mol. The zero-order valence-corrected chi connectivity index (χ0v) is 40.2. The number of hydrogen-bond acceptors (Lipinski definition) is 16. The van der Waals surface area contributed by atoms with Gasteiger partial charge in [-0.3, -0.25) is 18.0 Å². The Morgan fingerprint density at radius 3 is 1.21 bits per heavy atom. The summed E-state index contributed by atoms with van der Waals surface area (Å²) in [5.41, 5.74) is 3.11. The first-order valence-electron chi connectivity index (χ1n) is 16.9. The molecule has 0 radical (unpaired) electrons. The zero-order chi connectivity index (χ0) is 41.7. The van der Waals surface area contributed by atoms with Crippen LogP contribution in [-0.4, -0.2) is 79.1 Å². The van der Waals surface area contributed by atoms with Gasteiger partial charge in [-0.2, -0.15) is 0 Å². The Kier molecular flexibility index (Phi) is 16.2. The number of Topliss-reactive ketones (excluding diaryl/α,β-unsaturated/α-hetero) is 2. The Morgan fingerprint density at radius 1 is 0.569 bits per heavy atom. The van der Waals surface area contributed by atoms with Gasteiger partial charge in [-0.25, -0.2) is 33.7 Å². The molecule has 0 fully saturated rings. The van der Waals surface area contributed by atoms with Crippen LogP contribution in [-0.2, 0) is 48.8 Å². The minimum Gasteiger partial charge on any atom is -0.726 e. The summed E-state index contributed by atoms with van der Waals surface area (Å²) in [6, 6.07) is 6.19. The van der Waals surface area contributed by atoms with Crippen molar-refractivity contribution in [3.63, 3.8) is 0 Å². The second kappa shape index (κ2) is 18.8. The zero-order valence-electron chi connectivity index (χ0n) is 33.0. The number of hydrogen-bond donors (Lipinski definition) is 2. The van der Waals surface area contributed by atoms with Gasteiger partial charge in [-0.1, -0.05) is 36.4 Å². The third-order valence-corrected chi connectivity index (χ3v) is 14.4. The summed E-state index contributed by atoms with van der Waals surface area (Å²) in [5, 5.41) is 6.35. The average molecular weight is 897 g/mol. The quantitative estimate of drug-likeness (QED) is 0.104. The smallest absolute Gasteiger partial charge is 0.726 e. The van der Waals surface area contributed by atoms with Gasteiger partial charge in [-0.15, -0.1) is 0 Å². The number of benzene rings is 3. The number of rotatable bonds is 14. The Labute approximate surface area is 382 Å². The Balaban J connectivity index is 0.00000450. The molecule has 0 saturated heterocycles. The Bertz CT molecular complexity index is 2510. The summed E-state index contributed by atoms with van der Waals surface area (Å²) in [7, 11) is -18.7. The summed E-state index contributed by atoms with van der Waals surface area (Å²) >= 11 is 0. The van der Waals surface area contributed by atoms with E-state index in [1.54, 1.807) is 64.1 Å². The van der Waals surface area contributed by atoms with E-state index in [4.69, 9.17) is 0 Å². The molecule has 5 rings (SSSR count). The molecule has 0 saturated carbocycles. The van der Waals surface area contributed by atoms with Crippen LogP contribution in [0.2, 0.25) is 0 Å². The van der Waals surface area contributed by atoms with Crippen LogP contribution in [0, 0.1) is 53.4 Å².